The van der Waals surface area contributed by atoms with Crippen LogP contribution in [0.1, 0.15) is 27.2 Å². The molecule has 0 saturated carbocycles. The lowest BCUT2D eigenvalue weighted by atomic mass is 10.3. The summed E-state index contributed by atoms with van der Waals surface area (Å²) in [5, 5.41) is 0.447. The highest BCUT2D eigenvalue weighted by Crippen LogP contribution is 2.10. The van der Waals surface area contributed by atoms with E-state index in [-0.39, 0.29) is 18.3 Å². The van der Waals surface area contributed by atoms with Gasteiger partial charge >= 0.3 is 5.97 Å². The van der Waals surface area contributed by atoms with Crippen LogP contribution in [0.25, 0.3) is 0 Å². The molecule has 4 nitrogen and oxygen atoms in total. The molecule has 0 aliphatic rings. The van der Waals surface area contributed by atoms with Crippen molar-refractivity contribution in [2.45, 2.75) is 32.4 Å². The summed E-state index contributed by atoms with van der Waals surface area (Å²) >= 11 is 1.62. The molecule has 1 amide bonds. The van der Waals surface area contributed by atoms with Crippen LogP contribution in [-0.4, -0.2) is 48.0 Å². The van der Waals surface area contributed by atoms with E-state index in [4.69, 9.17) is 0 Å². The zero-order chi connectivity index (χ0) is 12.6. The van der Waals surface area contributed by atoms with E-state index in [1.807, 2.05) is 6.92 Å². The van der Waals surface area contributed by atoms with Crippen molar-refractivity contribution in [1.29, 1.82) is 0 Å². The Labute approximate surface area is 102 Å². The third-order valence-corrected chi connectivity index (χ3v) is 3.17. The fraction of sp³-hybridized carbons (Fsp3) is 0.818. The summed E-state index contributed by atoms with van der Waals surface area (Å²) in [5.41, 5.74) is 0. The summed E-state index contributed by atoms with van der Waals surface area (Å²) in [6, 6.07) is 0. The third kappa shape index (κ3) is 6.71. The molecule has 0 aromatic heterocycles. The quantitative estimate of drug-likeness (QED) is 0.640. The van der Waals surface area contributed by atoms with E-state index in [0.29, 0.717) is 24.1 Å². The number of nitrogens with zero attached hydrogens (tertiary/aromatic N) is 1. The maximum absolute atomic E-state index is 11.7. The Morgan fingerprint density at radius 3 is 2.44 bits per heavy atom. The third-order valence-electron chi connectivity index (χ3n) is 2.09. The monoisotopic (exact) mass is 247 g/mol. The fourth-order valence-corrected chi connectivity index (χ4v) is 1.78. The first-order chi connectivity index (χ1) is 7.51. The van der Waals surface area contributed by atoms with Crippen molar-refractivity contribution in [2.24, 2.45) is 0 Å². The molecule has 16 heavy (non-hydrogen) atoms. The van der Waals surface area contributed by atoms with Crippen LogP contribution in [0.5, 0.6) is 0 Å². The molecule has 94 valence electrons. The Hall–Kier alpha value is -0.710. The molecule has 0 atom stereocenters. The Bertz CT molecular complexity index is 231. The first-order valence-corrected chi connectivity index (χ1v) is 6.52. The summed E-state index contributed by atoms with van der Waals surface area (Å²) in [6.45, 7) is 7.11. The Balaban J connectivity index is 3.97. The van der Waals surface area contributed by atoms with Gasteiger partial charge in [0.1, 0.15) is 0 Å². The average Bonchev–Trinajstić information content (AvgIpc) is 2.26. The SMILES string of the molecule is CCN(CCC(=O)OC)C(=O)CSC(C)C. The highest BCUT2D eigenvalue weighted by molar-refractivity contribution is 8.00. The number of thioether (sulfide) groups is 1. The smallest absolute Gasteiger partial charge is 0.307 e. The molecule has 0 spiro atoms. The van der Waals surface area contributed by atoms with Crippen molar-refractivity contribution in [3.63, 3.8) is 0 Å². The molecule has 0 radical (unpaired) electrons. The first kappa shape index (κ1) is 15.3. The molecule has 0 aromatic rings. The number of ether oxygens (including phenoxy) is 1. The van der Waals surface area contributed by atoms with Gasteiger partial charge in [0.25, 0.3) is 0 Å². The Morgan fingerprint density at radius 1 is 1.38 bits per heavy atom. The normalized spacial score (nSPS) is 10.3. The minimum atomic E-state index is -0.275. The van der Waals surface area contributed by atoms with E-state index in [1.165, 1.54) is 7.11 Å². The standard InChI is InChI=1S/C11H21NO3S/c1-5-12(7-6-11(14)15-4)10(13)8-16-9(2)3/h9H,5-8H2,1-4H3. The number of amides is 1. The molecule has 0 unspecified atom stereocenters. The molecular formula is C11H21NO3S. The predicted molar refractivity (Wildman–Crippen MR) is 66.5 cm³/mol. The van der Waals surface area contributed by atoms with Gasteiger partial charge < -0.3 is 9.64 Å². The van der Waals surface area contributed by atoms with Gasteiger partial charge in [-0.3, -0.25) is 9.59 Å². The lowest BCUT2D eigenvalue weighted by molar-refractivity contribution is -0.141. The molecule has 0 N–H and O–H groups in total. The van der Waals surface area contributed by atoms with E-state index in [1.54, 1.807) is 16.7 Å². The number of esters is 1. The van der Waals surface area contributed by atoms with Crippen molar-refractivity contribution in [3.8, 4) is 0 Å². The fourth-order valence-electron chi connectivity index (χ4n) is 1.12. The minimum absolute atomic E-state index is 0.0881. The van der Waals surface area contributed by atoms with Gasteiger partial charge in [-0.15, -0.1) is 11.8 Å². The lowest BCUT2D eigenvalue weighted by Gasteiger charge is -2.20. The van der Waals surface area contributed by atoms with Crippen molar-refractivity contribution in [3.05, 3.63) is 0 Å². The van der Waals surface area contributed by atoms with Crippen LogP contribution in [0.15, 0.2) is 0 Å². The molecule has 5 heteroatoms. The zero-order valence-corrected chi connectivity index (χ0v) is 11.3. The topological polar surface area (TPSA) is 46.6 Å². The van der Waals surface area contributed by atoms with Gasteiger partial charge in [0, 0.05) is 13.1 Å². The highest BCUT2D eigenvalue weighted by Gasteiger charge is 2.13. The number of rotatable bonds is 7. The summed E-state index contributed by atoms with van der Waals surface area (Å²) in [7, 11) is 1.36. The van der Waals surface area contributed by atoms with Crippen LogP contribution in [0.3, 0.4) is 0 Å². The summed E-state index contributed by atoms with van der Waals surface area (Å²) < 4.78 is 4.54. The maximum Gasteiger partial charge on any atom is 0.307 e. The lowest BCUT2D eigenvalue weighted by Crippen LogP contribution is -2.34. The van der Waals surface area contributed by atoms with E-state index >= 15 is 0 Å². The minimum Gasteiger partial charge on any atom is -0.469 e. The van der Waals surface area contributed by atoms with Crippen LogP contribution in [0.2, 0.25) is 0 Å². The molecular weight excluding hydrogens is 226 g/mol. The van der Waals surface area contributed by atoms with Gasteiger partial charge in [0.2, 0.25) is 5.91 Å². The molecule has 0 saturated heterocycles. The van der Waals surface area contributed by atoms with E-state index in [9.17, 15) is 9.59 Å². The van der Waals surface area contributed by atoms with Crippen LogP contribution in [-0.2, 0) is 14.3 Å². The number of methoxy groups -OCH3 is 1. The Morgan fingerprint density at radius 2 is 2.00 bits per heavy atom. The molecule has 0 heterocycles. The van der Waals surface area contributed by atoms with Gasteiger partial charge in [-0.1, -0.05) is 13.8 Å². The van der Waals surface area contributed by atoms with Crippen molar-refractivity contribution >= 4 is 23.6 Å². The van der Waals surface area contributed by atoms with Crippen LogP contribution in [0, 0.1) is 0 Å². The van der Waals surface area contributed by atoms with Gasteiger partial charge in [0.05, 0.1) is 19.3 Å². The van der Waals surface area contributed by atoms with E-state index in [2.05, 4.69) is 18.6 Å². The molecule has 0 bridgehead atoms. The summed E-state index contributed by atoms with van der Waals surface area (Å²) in [5.74, 6) is 0.292. The number of hydrogen-bond donors (Lipinski definition) is 0. The van der Waals surface area contributed by atoms with Crippen LogP contribution < -0.4 is 0 Å². The second-order valence-electron chi connectivity index (χ2n) is 3.66. The Kier molecular flexibility index (Phi) is 8.07. The number of carbonyl (C=O) groups is 2. The van der Waals surface area contributed by atoms with Gasteiger partial charge in [-0.25, -0.2) is 0 Å². The molecule has 0 aliphatic carbocycles. The van der Waals surface area contributed by atoms with Crippen LogP contribution >= 0.6 is 11.8 Å². The van der Waals surface area contributed by atoms with Gasteiger partial charge in [0.15, 0.2) is 0 Å². The van der Waals surface area contributed by atoms with Crippen molar-refractivity contribution in [1.82, 2.24) is 4.90 Å². The summed E-state index contributed by atoms with van der Waals surface area (Å²) in [6.07, 6.45) is 0.266. The zero-order valence-electron chi connectivity index (χ0n) is 10.5. The molecule has 0 aliphatic heterocycles. The average molecular weight is 247 g/mol. The maximum atomic E-state index is 11.7. The van der Waals surface area contributed by atoms with Crippen molar-refractivity contribution in [2.75, 3.05) is 26.0 Å². The second kappa shape index (κ2) is 8.44. The van der Waals surface area contributed by atoms with Gasteiger partial charge in [-0.05, 0) is 12.2 Å². The highest BCUT2D eigenvalue weighted by atomic mass is 32.2. The van der Waals surface area contributed by atoms with E-state index < -0.39 is 0 Å². The number of hydrogen-bond acceptors (Lipinski definition) is 4. The second-order valence-corrected chi connectivity index (χ2v) is 5.22. The predicted octanol–water partition coefficient (Wildman–Crippen LogP) is 1.54. The number of carbonyl (C=O) groups excluding carboxylic acids is 2. The van der Waals surface area contributed by atoms with Gasteiger partial charge in [-0.2, -0.15) is 0 Å². The van der Waals surface area contributed by atoms with E-state index in [0.717, 1.165) is 0 Å². The van der Waals surface area contributed by atoms with Crippen LogP contribution in [0.4, 0.5) is 0 Å². The molecule has 0 fully saturated rings. The first-order valence-electron chi connectivity index (χ1n) is 5.47. The summed E-state index contributed by atoms with van der Waals surface area (Å²) in [4.78, 5) is 24.4. The van der Waals surface area contributed by atoms with Crippen molar-refractivity contribution < 1.29 is 14.3 Å². The molecule has 0 rings (SSSR count). The molecule has 0 aromatic carbocycles. The largest absolute Gasteiger partial charge is 0.469 e.